The summed E-state index contributed by atoms with van der Waals surface area (Å²) in [5.41, 5.74) is 6.87. The van der Waals surface area contributed by atoms with E-state index in [4.69, 9.17) is 5.73 Å². The summed E-state index contributed by atoms with van der Waals surface area (Å²) >= 11 is 1.67. The highest BCUT2D eigenvalue weighted by Crippen LogP contribution is 2.39. The van der Waals surface area contributed by atoms with Gasteiger partial charge in [0, 0.05) is 12.3 Å². The van der Waals surface area contributed by atoms with Gasteiger partial charge in [0.2, 0.25) is 5.91 Å². The number of rotatable bonds is 7. The van der Waals surface area contributed by atoms with Crippen molar-refractivity contribution in [2.45, 2.75) is 43.2 Å². The molecule has 110 valence electrons. The fourth-order valence-corrected chi connectivity index (χ4v) is 3.14. The predicted molar refractivity (Wildman–Crippen MR) is 85.5 cm³/mol. The maximum absolute atomic E-state index is 12.3. The molecule has 2 rings (SSSR count). The van der Waals surface area contributed by atoms with Crippen LogP contribution < -0.4 is 11.1 Å². The summed E-state index contributed by atoms with van der Waals surface area (Å²) in [6.07, 6.45) is 2.36. The van der Waals surface area contributed by atoms with Crippen molar-refractivity contribution in [2.75, 3.05) is 6.54 Å². The van der Waals surface area contributed by atoms with Crippen molar-refractivity contribution in [3.05, 3.63) is 35.9 Å². The van der Waals surface area contributed by atoms with Crippen LogP contribution in [0.15, 0.2) is 30.3 Å². The summed E-state index contributed by atoms with van der Waals surface area (Å²) in [5, 5.41) is 3.10. The fourth-order valence-electron chi connectivity index (χ4n) is 2.29. The molecule has 2 atom stereocenters. The first-order valence-corrected chi connectivity index (χ1v) is 8.27. The zero-order chi connectivity index (χ0) is 14.6. The average Bonchev–Trinajstić information content (AvgIpc) is 3.30. The molecule has 1 aromatic carbocycles. The van der Waals surface area contributed by atoms with E-state index >= 15 is 0 Å². The van der Waals surface area contributed by atoms with Gasteiger partial charge in [-0.3, -0.25) is 4.79 Å². The Morgan fingerprint density at radius 3 is 2.65 bits per heavy atom. The molecule has 1 amide bonds. The van der Waals surface area contributed by atoms with Crippen LogP contribution in [0.5, 0.6) is 0 Å². The standard InChI is InChI=1S/C16H24N2OS/c1-12(20-10-13-6-4-3-5-7-13)15(19)18-16(2,11-17)14-8-9-14/h3-7,12,14H,8-11,17H2,1-2H3,(H,18,19). The molecule has 0 bridgehead atoms. The van der Waals surface area contributed by atoms with Gasteiger partial charge in [0.1, 0.15) is 0 Å². The van der Waals surface area contributed by atoms with Crippen molar-refractivity contribution in [2.24, 2.45) is 11.7 Å². The summed E-state index contributed by atoms with van der Waals surface area (Å²) in [7, 11) is 0. The number of amides is 1. The van der Waals surface area contributed by atoms with E-state index in [1.165, 1.54) is 18.4 Å². The third kappa shape index (κ3) is 4.00. The Morgan fingerprint density at radius 2 is 2.10 bits per heavy atom. The van der Waals surface area contributed by atoms with E-state index in [1.807, 2.05) is 25.1 Å². The molecule has 0 aliphatic heterocycles. The number of carbonyl (C=O) groups is 1. The summed E-state index contributed by atoms with van der Waals surface area (Å²) in [6.45, 7) is 4.55. The predicted octanol–water partition coefficient (Wildman–Crippen LogP) is 2.55. The van der Waals surface area contributed by atoms with Crippen LogP contribution in [0.1, 0.15) is 32.3 Å². The van der Waals surface area contributed by atoms with Gasteiger partial charge in [0.25, 0.3) is 0 Å². The van der Waals surface area contributed by atoms with Crippen molar-refractivity contribution in [3.8, 4) is 0 Å². The first kappa shape index (κ1) is 15.4. The normalized spacial score (nSPS) is 19.1. The molecule has 1 aliphatic carbocycles. The van der Waals surface area contributed by atoms with E-state index in [0.717, 1.165) is 5.75 Å². The van der Waals surface area contributed by atoms with Gasteiger partial charge in [0.15, 0.2) is 0 Å². The van der Waals surface area contributed by atoms with Crippen molar-refractivity contribution >= 4 is 17.7 Å². The van der Waals surface area contributed by atoms with Gasteiger partial charge in [-0.15, -0.1) is 11.8 Å². The monoisotopic (exact) mass is 292 g/mol. The summed E-state index contributed by atoms with van der Waals surface area (Å²) in [6, 6.07) is 10.2. The Labute approximate surface area is 125 Å². The number of thioether (sulfide) groups is 1. The van der Waals surface area contributed by atoms with Crippen LogP contribution in [0.2, 0.25) is 0 Å². The smallest absolute Gasteiger partial charge is 0.233 e. The highest BCUT2D eigenvalue weighted by atomic mass is 32.2. The average molecular weight is 292 g/mol. The number of carbonyl (C=O) groups excluding carboxylic acids is 1. The van der Waals surface area contributed by atoms with E-state index in [0.29, 0.717) is 12.5 Å². The summed E-state index contributed by atoms with van der Waals surface area (Å²) in [4.78, 5) is 12.3. The van der Waals surface area contributed by atoms with E-state index in [-0.39, 0.29) is 16.7 Å². The second kappa shape index (κ2) is 6.64. The quantitative estimate of drug-likeness (QED) is 0.812. The lowest BCUT2D eigenvalue weighted by atomic mass is 9.96. The van der Waals surface area contributed by atoms with Gasteiger partial charge >= 0.3 is 0 Å². The molecule has 1 aliphatic rings. The summed E-state index contributed by atoms with van der Waals surface area (Å²) < 4.78 is 0. The fraction of sp³-hybridized carbons (Fsp3) is 0.562. The molecule has 3 nitrogen and oxygen atoms in total. The van der Waals surface area contributed by atoms with E-state index < -0.39 is 0 Å². The maximum atomic E-state index is 12.3. The number of nitrogens with one attached hydrogen (secondary N) is 1. The van der Waals surface area contributed by atoms with E-state index in [1.54, 1.807) is 11.8 Å². The molecule has 0 radical (unpaired) electrons. The van der Waals surface area contributed by atoms with E-state index in [2.05, 4.69) is 24.4 Å². The Kier molecular flexibility index (Phi) is 5.11. The first-order valence-electron chi connectivity index (χ1n) is 7.23. The van der Waals surface area contributed by atoms with Gasteiger partial charge in [0.05, 0.1) is 10.8 Å². The lowest BCUT2D eigenvalue weighted by Gasteiger charge is -2.30. The van der Waals surface area contributed by atoms with Crippen LogP contribution >= 0.6 is 11.8 Å². The minimum Gasteiger partial charge on any atom is -0.348 e. The molecule has 0 heterocycles. The molecule has 1 aromatic rings. The summed E-state index contributed by atoms with van der Waals surface area (Å²) in [5.74, 6) is 1.52. The van der Waals surface area contributed by atoms with Gasteiger partial charge in [-0.1, -0.05) is 30.3 Å². The van der Waals surface area contributed by atoms with E-state index in [9.17, 15) is 4.79 Å². The topological polar surface area (TPSA) is 55.1 Å². The number of nitrogens with two attached hydrogens (primary N) is 1. The minimum absolute atomic E-state index is 0.0557. The van der Waals surface area contributed by atoms with Crippen LogP contribution in [-0.2, 0) is 10.5 Å². The first-order chi connectivity index (χ1) is 9.55. The van der Waals surface area contributed by atoms with Gasteiger partial charge in [-0.05, 0) is 38.2 Å². The lowest BCUT2D eigenvalue weighted by molar-refractivity contribution is -0.122. The van der Waals surface area contributed by atoms with Crippen molar-refractivity contribution in [1.29, 1.82) is 0 Å². The molecule has 3 N–H and O–H groups in total. The molecule has 0 spiro atoms. The molecule has 0 aromatic heterocycles. The molecule has 2 unspecified atom stereocenters. The highest BCUT2D eigenvalue weighted by molar-refractivity contribution is 7.99. The van der Waals surface area contributed by atoms with Gasteiger partial charge < -0.3 is 11.1 Å². The Bertz CT molecular complexity index is 447. The second-order valence-corrected chi connectivity index (χ2v) is 7.15. The Morgan fingerprint density at radius 1 is 1.45 bits per heavy atom. The van der Waals surface area contributed by atoms with Crippen molar-refractivity contribution in [1.82, 2.24) is 5.32 Å². The molecule has 1 saturated carbocycles. The second-order valence-electron chi connectivity index (χ2n) is 5.82. The van der Waals surface area contributed by atoms with Crippen LogP contribution in [-0.4, -0.2) is 23.2 Å². The minimum atomic E-state index is -0.224. The third-order valence-electron chi connectivity index (χ3n) is 4.02. The van der Waals surface area contributed by atoms with Crippen molar-refractivity contribution in [3.63, 3.8) is 0 Å². The van der Waals surface area contributed by atoms with Crippen molar-refractivity contribution < 1.29 is 4.79 Å². The zero-order valence-corrected chi connectivity index (χ0v) is 13.1. The molecule has 0 saturated heterocycles. The lowest BCUT2D eigenvalue weighted by Crippen LogP contribution is -2.54. The largest absolute Gasteiger partial charge is 0.348 e. The molecular formula is C16H24N2OS. The number of hydrogen-bond donors (Lipinski definition) is 2. The SMILES string of the molecule is CC(SCc1ccccc1)C(=O)NC(C)(CN)C1CC1. The van der Waals surface area contributed by atoms with Gasteiger partial charge in [-0.25, -0.2) is 0 Å². The molecule has 4 heteroatoms. The Hall–Kier alpha value is -1.00. The zero-order valence-electron chi connectivity index (χ0n) is 12.3. The highest BCUT2D eigenvalue weighted by Gasteiger charge is 2.42. The molecular weight excluding hydrogens is 268 g/mol. The van der Waals surface area contributed by atoms with Crippen LogP contribution in [0, 0.1) is 5.92 Å². The van der Waals surface area contributed by atoms with Crippen LogP contribution in [0.3, 0.4) is 0 Å². The number of benzene rings is 1. The van der Waals surface area contributed by atoms with Gasteiger partial charge in [-0.2, -0.15) is 0 Å². The van der Waals surface area contributed by atoms with Crippen LogP contribution in [0.25, 0.3) is 0 Å². The Balaban J connectivity index is 1.82. The molecule has 1 fully saturated rings. The number of hydrogen-bond acceptors (Lipinski definition) is 3. The maximum Gasteiger partial charge on any atom is 0.233 e. The van der Waals surface area contributed by atoms with Crippen LogP contribution in [0.4, 0.5) is 0 Å². The third-order valence-corrected chi connectivity index (χ3v) is 5.24. The molecule has 20 heavy (non-hydrogen) atoms.